The van der Waals surface area contributed by atoms with E-state index in [4.69, 9.17) is 18.9 Å². The number of rotatable bonds is 8. The first kappa shape index (κ1) is 19.9. The number of fused-ring (bicyclic) bond motifs is 1. The third-order valence-corrected chi connectivity index (χ3v) is 4.80. The van der Waals surface area contributed by atoms with Crippen LogP contribution in [0.1, 0.15) is 36.9 Å². The van der Waals surface area contributed by atoms with Crippen LogP contribution in [0.2, 0.25) is 0 Å². The summed E-state index contributed by atoms with van der Waals surface area (Å²) in [7, 11) is 3.21. The van der Waals surface area contributed by atoms with Crippen molar-refractivity contribution >= 4 is 5.91 Å². The minimum Gasteiger partial charge on any atom is -0.493 e. The molecule has 3 rings (SSSR count). The Bertz CT molecular complexity index is 821. The van der Waals surface area contributed by atoms with Gasteiger partial charge in [-0.2, -0.15) is 0 Å². The van der Waals surface area contributed by atoms with E-state index in [-0.39, 0.29) is 11.9 Å². The monoisotopic (exact) mass is 385 g/mol. The molecule has 0 fully saturated rings. The second-order valence-corrected chi connectivity index (χ2v) is 6.62. The molecule has 1 amide bonds. The molecule has 0 radical (unpaired) electrons. The molecule has 1 atom stereocenters. The van der Waals surface area contributed by atoms with Gasteiger partial charge in [-0.05, 0) is 48.2 Å². The topological polar surface area (TPSA) is 66.0 Å². The average molecular weight is 385 g/mol. The van der Waals surface area contributed by atoms with E-state index in [9.17, 15) is 4.79 Å². The lowest BCUT2D eigenvalue weighted by atomic mass is 10.0. The molecule has 2 aromatic rings. The fourth-order valence-electron chi connectivity index (χ4n) is 3.26. The van der Waals surface area contributed by atoms with Crippen molar-refractivity contribution < 1.29 is 23.7 Å². The van der Waals surface area contributed by atoms with E-state index in [1.165, 1.54) is 0 Å². The second-order valence-electron chi connectivity index (χ2n) is 6.62. The average Bonchev–Trinajstić information content (AvgIpc) is 2.75. The molecule has 0 saturated heterocycles. The van der Waals surface area contributed by atoms with Gasteiger partial charge in [0.2, 0.25) is 5.91 Å². The van der Waals surface area contributed by atoms with E-state index < -0.39 is 0 Å². The summed E-state index contributed by atoms with van der Waals surface area (Å²) in [6.45, 7) is 3.17. The quantitative estimate of drug-likeness (QED) is 0.751. The minimum absolute atomic E-state index is 0.0107. The standard InChI is InChI=1S/C22H27NO5/c1-4-17(16-7-9-18(25-2)20(14-16)26-3)23-22(24)10-6-15-5-8-19-21(13-15)28-12-11-27-19/h5,7-9,13-14,17H,4,6,10-12H2,1-3H3,(H,23,24). The summed E-state index contributed by atoms with van der Waals surface area (Å²) in [4.78, 5) is 12.5. The molecule has 6 nitrogen and oxygen atoms in total. The van der Waals surface area contributed by atoms with E-state index in [0.717, 1.165) is 29.0 Å². The summed E-state index contributed by atoms with van der Waals surface area (Å²) in [6.07, 6.45) is 1.83. The molecule has 0 aliphatic carbocycles. The van der Waals surface area contributed by atoms with Crippen LogP contribution in [-0.4, -0.2) is 33.3 Å². The highest BCUT2D eigenvalue weighted by Gasteiger charge is 2.16. The second kappa shape index (κ2) is 9.35. The lowest BCUT2D eigenvalue weighted by molar-refractivity contribution is -0.121. The first-order chi connectivity index (χ1) is 13.6. The van der Waals surface area contributed by atoms with Gasteiger partial charge in [0.15, 0.2) is 23.0 Å². The molecule has 1 heterocycles. The zero-order valence-corrected chi connectivity index (χ0v) is 16.6. The molecule has 1 aliphatic rings. The van der Waals surface area contributed by atoms with E-state index in [0.29, 0.717) is 37.6 Å². The van der Waals surface area contributed by atoms with Gasteiger partial charge in [0, 0.05) is 6.42 Å². The van der Waals surface area contributed by atoms with Gasteiger partial charge in [-0.1, -0.05) is 19.1 Å². The Morgan fingerprint density at radius 2 is 1.79 bits per heavy atom. The maximum atomic E-state index is 12.5. The number of hydrogen-bond acceptors (Lipinski definition) is 5. The van der Waals surface area contributed by atoms with Gasteiger partial charge in [-0.15, -0.1) is 0 Å². The lowest BCUT2D eigenvalue weighted by Gasteiger charge is -2.20. The van der Waals surface area contributed by atoms with E-state index in [2.05, 4.69) is 5.32 Å². The van der Waals surface area contributed by atoms with Crippen LogP contribution in [0.5, 0.6) is 23.0 Å². The Kier molecular flexibility index (Phi) is 6.63. The molecule has 1 unspecified atom stereocenters. The van der Waals surface area contributed by atoms with Crippen LogP contribution < -0.4 is 24.3 Å². The van der Waals surface area contributed by atoms with Gasteiger partial charge in [-0.25, -0.2) is 0 Å². The van der Waals surface area contributed by atoms with Crippen LogP contribution >= 0.6 is 0 Å². The van der Waals surface area contributed by atoms with Gasteiger partial charge >= 0.3 is 0 Å². The van der Waals surface area contributed by atoms with Crippen molar-refractivity contribution in [2.24, 2.45) is 0 Å². The van der Waals surface area contributed by atoms with Gasteiger partial charge in [0.25, 0.3) is 0 Å². The lowest BCUT2D eigenvalue weighted by Crippen LogP contribution is -2.28. The predicted molar refractivity (Wildman–Crippen MR) is 106 cm³/mol. The zero-order valence-electron chi connectivity index (χ0n) is 16.6. The van der Waals surface area contributed by atoms with Crippen molar-refractivity contribution in [1.29, 1.82) is 0 Å². The summed E-state index contributed by atoms with van der Waals surface area (Å²) in [6, 6.07) is 11.5. The van der Waals surface area contributed by atoms with Crippen molar-refractivity contribution in [2.75, 3.05) is 27.4 Å². The summed E-state index contributed by atoms with van der Waals surface area (Å²) >= 11 is 0. The molecule has 0 bridgehead atoms. The number of benzene rings is 2. The van der Waals surface area contributed by atoms with E-state index in [1.807, 2.05) is 43.3 Å². The van der Waals surface area contributed by atoms with Crippen molar-refractivity contribution in [3.05, 3.63) is 47.5 Å². The third kappa shape index (κ3) is 4.68. The SMILES string of the molecule is CCC(NC(=O)CCc1ccc2c(c1)OCCO2)c1ccc(OC)c(OC)c1. The Morgan fingerprint density at radius 3 is 2.50 bits per heavy atom. The molecule has 150 valence electrons. The van der Waals surface area contributed by atoms with Crippen LogP contribution in [0.4, 0.5) is 0 Å². The van der Waals surface area contributed by atoms with Crippen LogP contribution in [0.25, 0.3) is 0 Å². The minimum atomic E-state index is -0.0763. The van der Waals surface area contributed by atoms with Gasteiger partial charge in [0.05, 0.1) is 20.3 Å². The van der Waals surface area contributed by atoms with Gasteiger partial charge in [0.1, 0.15) is 13.2 Å². The predicted octanol–water partition coefficient (Wildman–Crippen LogP) is 3.68. The summed E-state index contributed by atoms with van der Waals surface area (Å²) in [5.74, 6) is 2.85. The smallest absolute Gasteiger partial charge is 0.220 e. The number of hydrogen-bond donors (Lipinski definition) is 1. The Labute approximate surface area is 165 Å². The van der Waals surface area contributed by atoms with E-state index >= 15 is 0 Å². The normalized spacial score (nSPS) is 13.5. The Hall–Kier alpha value is -2.89. The largest absolute Gasteiger partial charge is 0.493 e. The fraction of sp³-hybridized carbons (Fsp3) is 0.409. The van der Waals surface area contributed by atoms with E-state index in [1.54, 1.807) is 14.2 Å². The van der Waals surface area contributed by atoms with Crippen LogP contribution in [0.3, 0.4) is 0 Å². The van der Waals surface area contributed by atoms with Crippen molar-refractivity contribution in [3.8, 4) is 23.0 Å². The molecule has 0 saturated carbocycles. The first-order valence-electron chi connectivity index (χ1n) is 9.54. The molecule has 1 N–H and O–H groups in total. The summed E-state index contributed by atoms with van der Waals surface area (Å²) in [5, 5.41) is 3.11. The highest BCUT2D eigenvalue weighted by molar-refractivity contribution is 5.76. The van der Waals surface area contributed by atoms with Crippen LogP contribution in [0.15, 0.2) is 36.4 Å². The molecule has 6 heteroatoms. The highest BCUT2D eigenvalue weighted by Crippen LogP contribution is 2.32. The zero-order chi connectivity index (χ0) is 19.9. The molecule has 28 heavy (non-hydrogen) atoms. The molecule has 1 aliphatic heterocycles. The number of carbonyl (C=O) groups is 1. The number of nitrogens with one attached hydrogen (secondary N) is 1. The maximum absolute atomic E-state index is 12.5. The number of aryl methyl sites for hydroxylation is 1. The van der Waals surface area contributed by atoms with Crippen LogP contribution in [0, 0.1) is 0 Å². The summed E-state index contributed by atoms with van der Waals surface area (Å²) in [5.41, 5.74) is 2.05. The summed E-state index contributed by atoms with van der Waals surface area (Å²) < 4.78 is 21.8. The van der Waals surface area contributed by atoms with Gasteiger partial charge < -0.3 is 24.3 Å². The Balaban J connectivity index is 1.60. The van der Waals surface area contributed by atoms with Crippen LogP contribution in [-0.2, 0) is 11.2 Å². The number of methoxy groups -OCH3 is 2. The molecular formula is C22H27NO5. The molecule has 0 aromatic heterocycles. The number of carbonyl (C=O) groups excluding carboxylic acids is 1. The molecule has 2 aromatic carbocycles. The highest BCUT2D eigenvalue weighted by atomic mass is 16.6. The van der Waals surface area contributed by atoms with Crippen molar-refractivity contribution in [1.82, 2.24) is 5.32 Å². The van der Waals surface area contributed by atoms with Gasteiger partial charge in [-0.3, -0.25) is 4.79 Å². The first-order valence-corrected chi connectivity index (χ1v) is 9.54. The molecule has 0 spiro atoms. The number of ether oxygens (including phenoxy) is 4. The van der Waals surface area contributed by atoms with Crippen molar-refractivity contribution in [2.45, 2.75) is 32.2 Å². The fourth-order valence-corrected chi connectivity index (χ4v) is 3.26. The Morgan fingerprint density at radius 1 is 1.04 bits per heavy atom. The third-order valence-electron chi connectivity index (χ3n) is 4.80. The van der Waals surface area contributed by atoms with Crippen molar-refractivity contribution in [3.63, 3.8) is 0 Å². The molecular weight excluding hydrogens is 358 g/mol. The number of amides is 1. The maximum Gasteiger partial charge on any atom is 0.220 e.